The van der Waals surface area contributed by atoms with Gasteiger partial charge in [0.2, 0.25) is 9.84 Å². The van der Waals surface area contributed by atoms with E-state index in [9.17, 15) is 31.8 Å². The van der Waals surface area contributed by atoms with E-state index < -0.39 is 33.3 Å². The Kier molecular flexibility index (Phi) is 6.71. The third-order valence-electron chi connectivity index (χ3n) is 4.93. The average molecular weight is 491 g/mol. The van der Waals surface area contributed by atoms with Crippen molar-refractivity contribution in [3.05, 3.63) is 66.0 Å². The number of aliphatic hydroxyl groups excluding tert-OH is 1. The number of pyridine rings is 2. The highest BCUT2D eigenvalue weighted by molar-refractivity contribution is 7.91. The predicted octanol–water partition coefficient (Wildman–Crippen LogP) is 3.06. The first-order chi connectivity index (χ1) is 15.7. The van der Waals surface area contributed by atoms with Crippen LogP contribution in [0.2, 0.25) is 0 Å². The van der Waals surface area contributed by atoms with Gasteiger partial charge in [0.25, 0.3) is 0 Å². The van der Waals surface area contributed by atoms with Crippen molar-refractivity contribution < 1.29 is 31.8 Å². The zero-order valence-electron chi connectivity index (χ0n) is 18.0. The van der Waals surface area contributed by atoms with Gasteiger partial charge in [-0.15, -0.1) is 0 Å². The molecule has 0 aliphatic rings. The summed E-state index contributed by atoms with van der Waals surface area (Å²) in [5, 5.41) is 19.5. The summed E-state index contributed by atoms with van der Waals surface area (Å²) in [5.41, 5.74) is 2.31. The van der Waals surface area contributed by atoms with Crippen LogP contribution in [0.1, 0.15) is 25.0 Å². The largest absolute Gasteiger partial charge is 0.421 e. The van der Waals surface area contributed by atoms with Crippen LogP contribution in [0, 0.1) is 11.8 Å². The summed E-state index contributed by atoms with van der Waals surface area (Å²) in [7, 11) is -3.89. The first-order valence-electron chi connectivity index (χ1n) is 9.80. The number of rotatable bonds is 4. The fourth-order valence-electron chi connectivity index (χ4n) is 2.88. The standard InChI is InChI=1S/C23H20F3N3O4S/c1-14(30)3-4-16-11-17(22(2,31)23(24,25)26)12-29-21(16)15-5-7-18(8-6-15)34(32,33)19-9-10-20(27)28-13-19/h5-14,30-31H,1-2H3,(H2,27,28)/t14-,22+/m1/s1. The van der Waals surface area contributed by atoms with Crippen LogP contribution >= 0.6 is 0 Å². The summed E-state index contributed by atoms with van der Waals surface area (Å²) in [6, 6.07) is 9.20. The molecule has 11 heteroatoms. The minimum absolute atomic E-state index is 0.0151. The van der Waals surface area contributed by atoms with Crippen LogP contribution in [0.5, 0.6) is 0 Å². The number of nitrogens with two attached hydrogens (primary N) is 1. The quantitative estimate of drug-likeness (QED) is 0.479. The van der Waals surface area contributed by atoms with Gasteiger partial charge in [-0.1, -0.05) is 24.0 Å². The highest BCUT2D eigenvalue weighted by atomic mass is 32.2. The van der Waals surface area contributed by atoms with E-state index in [1.165, 1.54) is 43.3 Å². The molecular weight excluding hydrogens is 471 g/mol. The normalized spacial score (nSPS) is 14.6. The average Bonchev–Trinajstić information content (AvgIpc) is 2.77. The molecule has 0 spiro atoms. The van der Waals surface area contributed by atoms with Crippen molar-refractivity contribution in [2.24, 2.45) is 0 Å². The molecule has 0 amide bonds. The molecule has 3 rings (SSSR count). The number of anilines is 1. The molecule has 3 aromatic rings. The Labute approximate surface area is 194 Å². The number of aliphatic hydroxyl groups is 2. The topological polar surface area (TPSA) is 126 Å². The van der Waals surface area contributed by atoms with Crippen molar-refractivity contribution in [1.82, 2.24) is 9.97 Å². The maximum Gasteiger partial charge on any atom is 0.421 e. The number of benzene rings is 1. The second-order valence-corrected chi connectivity index (χ2v) is 9.53. The maximum absolute atomic E-state index is 13.3. The summed E-state index contributed by atoms with van der Waals surface area (Å²) in [6.45, 7) is 1.98. The van der Waals surface area contributed by atoms with E-state index in [1.807, 2.05) is 0 Å². The number of hydrogen-bond acceptors (Lipinski definition) is 7. The predicted molar refractivity (Wildman–Crippen MR) is 118 cm³/mol. The lowest BCUT2D eigenvalue weighted by Gasteiger charge is -2.26. The summed E-state index contributed by atoms with van der Waals surface area (Å²) in [6.07, 6.45) is -4.02. The highest BCUT2D eigenvalue weighted by Gasteiger charge is 2.51. The van der Waals surface area contributed by atoms with Crippen LogP contribution in [-0.2, 0) is 15.4 Å². The molecule has 4 N–H and O–H groups in total. The van der Waals surface area contributed by atoms with Crippen molar-refractivity contribution in [2.45, 2.75) is 41.5 Å². The Balaban J connectivity index is 2.07. The van der Waals surface area contributed by atoms with E-state index in [2.05, 4.69) is 21.8 Å². The minimum atomic E-state index is -4.96. The molecule has 0 saturated heterocycles. The fraction of sp³-hybridized carbons (Fsp3) is 0.217. The van der Waals surface area contributed by atoms with Gasteiger partial charge < -0.3 is 15.9 Å². The van der Waals surface area contributed by atoms with Gasteiger partial charge in [0, 0.05) is 23.5 Å². The zero-order valence-corrected chi connectivity index (χ0v) is 18.8. The summed E-state index contributed by atoms with van der Waals surface area (Å²) in [4.78, 5) is 7.72. The zero-order chi connectivity index (χ0) is 25.3. The molecule has 0 saturated carbocycles. The second-order valence-electron chi connectivity index (χ2n) is 7.58. The van der Waals surface area contributed by atoms with E-state index in [0.717, 1.165) is 18.5 Å². The first-order valence-corrected chi connectivity index (χ1v) is 11.3. The lowest BCUT2D eigenvalue weighted by atomic mass is 9.94. The fourth-order valence-corrected chi connectivity index (χ4v) is 4.09. The van der Waals surface area contributed by atoms with Crippen LogP contribution in [0.15, 0.2) is 64.6 Å². The molecule has 178 valence electrons. The summed E-state index contributed by atoms with van der Waals surface area (Å²) in [5.74, 6) is 5.18. The van der Waals surface area contributed by atoms with E-state index >= 15 is 0 Å². The molecular formula is C23H20F3N3O4S. The Hall–Kier alpha value is -3.46. The van der Waals surface area contributed by atoms with Gasteiger partial charge in [-0.3, -0.25) is 4.98 Å². The van der Waals surface area contributed by atoms with Gasteiger partial charge in [0.05, 0.1) is 21.0 Å². The van der Waals surface area contributed by atoms with Gasteiger partial charge in [0.1, 0.15) is 11.9 Å². The molecule has 0 radical (unpaired) electrons. The Morgan fingerprint density at radius 3 is 2.18 bits per heavy atom. The number of alkyl halides is 3. The van der Waals surface area contributed by atoms with Crippen LogP contribution in [0.25, 0.3) is 11.3 Å². The Morgan fingerprint density at radius 1 is 1.03 bits per heavy atom. The second kappa shape index (κ2) is 9.06. The molecule has 2 heterocycles. The number of nitrogen functional groups attached to an aromatic ring is 1. The number of sulfone groups is 1. The monoisotopic (exact) mass is 491 g/mol. The summed E-state index contributed by atoms with van der Waals surface area (Å²) < 4.78 is 65.5. The highest BCUT2D eigenvalue weighted by Crippen LogP contribution is 2.39. The molecule has 1 aromatic carbocycles. The maximum atomic E-state index is 13.3. The SMILES string of the molecule is C[C@@H](O)C#Cc1cc([C@](C)(O)C(F)(F)F)cnc1-c1ccc(S(=O)(=O)c2ccc(N)nc2)cc1. The third kappa shape index (κ3) is 5.04. The molecule has 0 unspecified atom stereocenters. The number of aromatic nitrogens is 2. The molecule has 0 aliphatic heterocycles. The van der Waals surface area contributed by atoms with Crippen molar-refractivity contribution in [1.29, 1.82) is 0 Å². The van der Waals surface area contributed by atoms with Crippen molar-refractivity contribution >= 4 is 15.7 Å². The number of nitrogens with zero attached hydrogens (tertiary/aromatic N) is 2. The van der Waals surface area contributed by atoms with Gasteiger partial charge in [-0.05, 0) is 44.2 Å². The van der Waals surface area contributed by atoms with Gasteiger partial charge in [-0.2, -0.15) is 13.2 Å². The Morgan fingerprint density at radius 2 is 1.65 bits per heavy atom. The molecule has 2 aromatic heterocycles. The molecule has 0 aliphatic carbocycles. The van der Waals surface area contributed by atoms with E-state index in [-0.39, 0.29) is 26.9 Å². The van der Waals surface area contributed by atoms with Crippen molar-refractivity contribution in [3.63, 3.8) is 0 Å². The van der Waals surface area contributed by atoms with Gasteiger partial charge in [-0.25, -0.2) is 13.4 Å². The lowest BCUT2D eigenvalue weighted by molar-refractivity contribution is -0.259. The first kappa shape index (κ1) is 25.2. The van der Waals surface area contributed by atoms with E-state index in [0.29, 0.717) is 12.5 Å². The van der Waals surface area contributed by atoms with E-state index in [1.54, 1.807) is 0 Å². The molecule has 0 fully saturated rings. The van der Waals surface area contributed by atoms with E-state index in [4.69, 9.17) is 5.73 Å². The number of hydrogen-bond donors (Lipinski definition) is 3. The van der Waals surface area contributed by atoms with Crippen LogP contribution in [0.4, 0.5) is 19.0 Å². The van der Waals surface area contributed by atoms with Crippen molar-refractivity contribution in [2.75, 3.05) is 5.73 Å². The Bertz CT molecular complexity index is 1360. The molecule has 7 nitrogen and oxygen atoms in total. The smallest absolute Gasteiger partial charge is 0.384 e. The van der Waals surface area contributed by atoms with Gasteiger partial charge >= 0.3 is 6.18 Å². The van der Waals surface area contributed by atoms with Crippen molar-refractivity contribution in [3.8, 4) is 23.1 Å². The van der Waals surface area contributed by atoms with Crippen LogP contribution in [-0.4, -0.2) is 40.9 Å². The molecule has 34 heavy (non-hydrogen) atoms. The molecule has 0 bridgehead atoms. The minimum Gasteiger partial charge on any atom is -0.384 e. The molecule has 2 atom stereocenters. The van der Waals surface area contributed by atoms with Gasteiger partial charge in [0.15, 0.2) is 5.60 Å². The van der Waals surface area contributed by atoms with Crippen LogP contribution < -0.4 is 5.73 Å². The van der Waals surface area contributed by atoms with Crippen LogP contribution in [0.3, 0.4) is 0 Å². The summed E-state index contributed by atoms with van der Waals surface area (Å²) >= 11 is 0. The third-order valence-corrected chi connectivity index (χ3v) is 6.68. The number of halogens is 3. The lowest BCUT2D eigenvalue weighted by Crippen LogP contribution is -2.39.